The van der Waals surface area contributed by atoms with Gasteiger partial charge in [0, 0.05) is 42.7 Å². The standard InChI is InChI=1S/C13H17ClN4S/c14-10-1-2-12-11(9-10)16-13(15)18(12)4-3-17-5-7-19-8-6-17/h1-2,9H,3-8H2,(H2,15,16). The van der Waals surface area contributed by atoms with Gasteiger partial charge in [-0.15, -0.1) is 0 Å². The van der Waals surface area contributed by atoms with Gasteiger partial charge in [-0.05, 0) is 18.2 Å². The fourth-order valence-corrected chi connectivity index (χ4v) is 3.57. The Hall–Kier alpha value is -0.910. The second-order valence-electron chi connectivity index (χ2n) is 4.71. The zero-order valence-electron chi connectivity index (χ0n) is 10.7. The predicted octanol–water partition coefficient (Wildman–Crippen LogP) is 2.32. The molecule has 19 heavy (non-hydrogen) atoms. The highest BCUT2D eigenvalue weighted by atomic mass is 35.5. The quantitative estimate of drug-likeness (QED) is 0.944. The number of hydrogen-bond donors (Lipinski definition) is 1. The van der Waals surface area contributed by atoms with E-state index in [9.17, 15) is 0 Å². The van der Waals surface area contributed by atoms with E-state index in [0.717, 1.165) is 24.1 Å². The van der Waals surface area contributed by atoms with Crippen molar-refractivity contribution in [2.45, 2.75) is 6.54 Å². The monoisotopic (exact) mass is 296 g/mol. The number of nitrogen functional groups attached to an aromatic ring is 1. The van der Waals surface area contributed by atoms with Crippen LogP contribution in [0.5, 0.6) is 0 Å². The maximum absolute atomic E-state index is 6.01. The number of aromatic nitrogens is 2. The average Bonchev–Trinajstić information content (AvgIpc) is 2.72. The van der Waals surface area contributed by atoms with E-state index in [1.54, 1.807) is 0 Å². The number of nitrogens with two attached hydrogens (primary N) is 1. The summed E-state index contributed by atoms with van der Waals surface area (Å²) < 4.78 is 2.08. The first-order valence-corrected chi connectivity index (χ1v) is 7.99. The number of rotatable bonds is 3. The topological polar surface area (TPSA) is 47.1 Å². The van der Waals surface area contributed by atoms with Crippen LogP contribution in [0.2, 0.25) is 5.02 Å². The van der Waals surface area contributed by atoms with Crippen molar-refractivity contribution >= 4 is 40.3 Å². The molecule has 1 aromatic heterocycles. The fourth-order valence-electron chi connectivity index (χ4n) is 2.42. The van der Waals surface area contributed by atoms with Gasteiger partial charge in [0.15, 0.2) is 0 Å². The van der Waals surface area contributed by atoms with E-state index in [4.69, 9.17) is 17.3 Å². The smallest absolute Gasteiger partial charge is 0.201 e. The summed E-state index contributed by atoms with van der Waals surface area (Å²) in [5.74, 6) is 3.04. The second kappa shape index (κ2) is 5.61. The Bertz CT molecular complexity index is 577. The first kappa shape index (κ1) is 13.1. The Balaban J connectivity index is 1.78. The Morgan fingerprint density at radius 2 is 2.05 bits per heavy atom. The van der Waals surface area contributed by atoms with Crippen LogP contribution < -0.4 is 5.73 Å². The SMILES string of the molecule is Nc1nc2cc(Cl)ccc2n1CCN1CCSCC1. The van der Waals surface area contributed by atoms with Crippen LogP contribution in [0.1, 0.15) is 0 Å². The summed E-state index contributed by atoms with van der Waals surface area (Å²) >= 11 is 8.01. The summed E-state index contributed by atoms with van der Waals surface area (Å²) in [7, 11) is 0. The van der Waals surface area contributed by atoms with Gasteiger partial charge in [0.05, 0.1) is 11.0 Å². The van der Waals surface area contributed by atoms with Gasteiger partial charge in [-0.25, -0.2) is 4.98 Å². The Kier molecular flexibility index (Phi) is 3.86. The van der Waals surface area contributed by atoms with E-state index in [1.165, 1.54) is 24.6 Å². The normalized spacial score (nSPS) is 17.1. The molecule has 0 bridgehead atoms. The number of imidazole rings is 1. The molecule has 4 nitrogen and oxygen atoms in total. The first-order chi connectivity index (χ1) is 9.24. The van der Waals surface area contributed by atoms with Gasteiger partial charge in [-0.1, -0.05) is 11.6 Å². The van der Waals surface area contributed by atoms with Crippen molar-refractivity contribution in [3.8, 4) is 0 Å². The van der Waals surface area contributed by atoms with Crippen molar-refractivity contribution in [2.75, 3.05) is 36.9 Å². The van der Waals surface area contributed by atoms with E-state index in [-0.39, 0.29) is 0 Å². The van der Waals surface area contributed by atoms with Gasteiger partial charge in [-0.2, -0.15) is 11.8 Å². The molecule has 1 saturated heterocycles. The van der Waals surface area contributed by atoms with Crippen molar-refractivity contribution in [1.82, 2.24) is 14.5 Å². The lowest BCUT2D eigenvalue weighted by Gasteiger charge is -2.26. The molecule has 1 fully saturated rings. The lowest BCUT2D eigenvalue weighted by Crippen LogP contribution is -2.35. The summed E-state index contributed by atoms with van der Waals surface area (Å²) in [6, 6.07) is 5.74. The highest BCUT2D eigenvalue weighted by molar-refractivity contribution is 7.99. The Morgan fingerprint density at radius 3 is 2.84 bits per heavy atom. The summed E-state index contributed by atoms with van der Waals surface area (Å²) in [5, 5.41) is 0.699. The third kappa shape index (κ3) is 2.83. The molecule has 2 N–H and O–H groups in total. The maximum atomic E-state index is 6.01. The second-order valence-corrected chi connectivity index (χ2v) is 6.37. The van der Waals surface area contributed by atoms with Crippen molar-refractivity contribution in [1.29, 1.82) is 0 Å². The van der Waals surface area contributed by atoms with Crippen LogP contribution in [0.15, 0.2) is 18.2 Å². The lowest BCUT2D eigenvalue weighted by atomic mass is 10.3. The van der Waals surface area contributed by atoms with E-state index < -0.39 is 0 Å². The van der Waals surface area contributed by atoms with Crippen molar-refractivity contribution < 1.29 is 0 Å². The average molecular weight is 297 g/mol. The first-order valence-electron chi connectivity index (χ1n) is 6.45. The summed E-state index contributed by atoms with van der Waals surface area (Å²) in [5.41, 5.74) is 7.94. The van der Waals surface area contributed by atoms with Gasteiger partial charge in [0.1, 0.15) is 0 Å². The molecule has 1 aliphatic heterocycles. The number of fused-ring (bicyclic) bond motifs is 1. The van der Waals surface area contributed by atoms with Gasteiger partial charge in [0.25, 0.3) is 0 Å². The molecule has 0 aliphatic carbocycles. The maximum Gasteiger partial charge on any atom is 0.201 e. The number of anilines is 1. The van der Waals surface area contributed by atoms with Crippen LogP contribution in [0.25, 0.3) is 11.0 Å². The number of halogens is 1. The molecule has 1 aromatic carbocycles. The summed E-state index contributed by atoms with van der Waals surface area (Å²) in [6.45, 7) is 4.25. The minimum absolute atomic E-state index is 0.573. The Morgan fingerprint density at radius 1 is 1.26 bits per heavy atom. The Labute approximate surface area is 121 Å². The minimum atomic E-state index is 0.573. The van der Waals surface area contributed by atoms with Crippen molar-refractivity contribution in [3.63, 3.8) is 0 Å². The molecular weight excluding hydrogens is 280 g/mol. The van der Waals surface area contributed by atoms with Gasteiger partial charge in [0.2, 0.25) is 5.95 Å². The number of thioether (sulfide) groups is 1. The fraction of sp³-hybridized carbons (Fsp3) is 0.462. The molecule has 1 aliphatic rings. The van der Waals surface area contributed by atoms with E-state index >= 15 is 0 Å². The highest BCUT2D eigenvalue weighted by Crippen LogP contribution is 2.21. The molecule has 0 saturated carbocycles. The van der Waals surface area contributed by atoms with Crippen molar-refractivity contribution in [2.24, 2.45) is 0 Å². The summed E-state index contributed by atoms with van der Waals surface area (Å²) in [6.07, 6.45) is 0. The summed E-state index contributed by atoms with van der Waals surface area (Å²) in [4.78, 5) is 6.86. The molecule has 0 radical (unpaired) electrons. The third-order valence-corrected chi connectivity index (χ3v) is 4.66. The van der Waals surface area contributed by atoms with E-state index in [1.807, 2.05) is 30.0 Å². The number of nitrogens with zero attached hydrogens (tertiary/aromatic N) is 3. The number of benzene rings is 1. The van der Waals surface area contributed by atoms with Crippen LogP contribution >= 0.6 is 23.4 Å². The molecule has 0 spiro atoms. The van der Waals surface area contributed by atoms with Crippen LogP contribution in [-0.2, 0) is 6.54 Å². The van der Waals surface area contributed by atoms with E-state index in [2.05, 4.69) is 14.5 Å². The van der Waals surface area contributed by atoms with Crippen LogP contribution in [-0.4, -0.2) is 45.6 Å². The molecule has 6 heteroatoms. The predicted molar refractivity (Wildman–Crippen MR) is 82.9 cm³/mol. The highest BCUT2D eigenvalue weighted by Gasteiger charge is 2.13. The van der Waals surface area contributed by atoms with Crippen molar-refractivity contribution in [3.05, 3.63) is 23.2 Å². The van der Waals surface area contributed by atoms with E-state index in [0.29, 0.717) is 11.0 Å². The molecule has 0 atom stereocenters. The molecule has 0 unspecified atom stereocenters. The zero-order valence-corrected chi connectivity index (χ0v) is 12.3. The lowest BCUT2D eigenvalue weighted by molar-refractivity contribution is 0.291. The third-order valence-electron chi connectivity index (χ3n) is 3.48. The zero-order chi connectivity index (χ0) is 13.2. The molecule has 2 heterocycles. The minimum Gasteiger partial charge on any atom is -0.369 e. The molecular formula is C13H17ClN4S. The van der Waals surface area contributed by atoms with Crippen LogP contribution in [0, 0.1) is 0 Å². The molecule has 3 rings (SSSR count). The number of hydrogen-bond acceptors (Lipinski definition) is 4. The van der Waals surface area contributed by atoms with Gasteiger partial charge >= 0.3 is 0 Å². The molecule has 2 aromatic rings. The van der Waals surface area contributed by atoms with Crippen LogP contribution in [0.4, 0.5) is 5.95 Å². The largest absolute Gasteiger partial charge is 0.369 e. The van der Waals surface area contributed by atoms with Crippen LogP contribution in [0.3, 0.4) is 0 Å². The van der Waals surface area contributed by atoms with Gasteiger partial charge in [-0.3, -0.25) is 4.90 Å². The molecule has 102 valence electrons. The molecule has 0 amide bonds. The van der Waals surface area contributed by atoms with Gasteiger partial charge < -0.3 is 10.3 Å².